The number of unbranched alkanes of at least 4 members (excludes halogenated alkanes) is 5. The van der Waals surface area contributed by atoms with Crippen LogP contribution in [-0.4, -0.2) is 63.8 Å². The number of carbonyl (C=O) groups is 5. The van der Waals surface area contributed by atoms with E-state index in [0.29, 0.717) is 25.8 Å². The van der Waals surface area contributed by atoms with E-state index in [9.17, 15) is 29.1 Å². The zero-order chi connectivity index (χ0) is 23.6. The summed E-state index contributed by atoms with van der Waals surface area (Å²) in [7, 11) is 0. The molecule has 0 aromatic rings. The average Bonchev–Trinajstić information content (AvgIpc) is 2.69. The molecule has 0 rings (SSSR count). The summed E-state index contributed by atoms with van der Waals surface area (Å²) >= 11 is 0. The number of aliphatic carboxylic acids is 3. The molecular weight excluding hydrogens is 410 g/mol. The molecule has 0 radical (unpaired) electrons. The van der Waals surface area contributed by atoms with E-state index in [0.717, 1.165) is 32.1 Å². The zero-order valence-corrected chi connectivity index (χ0v) is 18.0. The minimum atomic E-state index is -1.44. The SMILES string of the molecule is CCCCCCCC(=O)NCCCCC(NC(=O)NC(CCC(=O)O)C(=O)O)C(=O)O. The molecule has 178 valence electrons. The third-order valence-corrected chi connectivity index (χ3v) is 4.60. The van der Waals surface area contributed by atoms with E-state index in [1.165, 1.54) is 0 Å². The summed E-state index contributed by atoms with van der Waals surface area (Å²) in [5.41, 5.74) is 0. The smallest absolute Gasteiger partial charge is 0.326 e. The van der Waals surface area contributed by atoms with Gasteiger partial charge in [0.2, 0.25) is 5.91 Å². The maximum Gasteiger partial charge on any atom is 0.326 e. The van der Waals surface area contributed by atoms with Crippen molar-refractivity contribution in [3.8, 4) is 0 Å². The Bertz CT molecular complexity index is 597. The van der Waals surface area contributed by atoms with Crippen molar-refractivity contribution in [2.24, 2.45) is 0 Å². The van der Waals surface area contributed by atoms with Crippen molar-refractivity contribution >= 4 is 29.8 Å². The first-order valence-electron chi connectivity index (χ1n) is 10.7. The van der Waals surface area contributed by atoms with Crippen LogP contribution in [0.1, 0.15) is 77.6 Å². The van der Waals surface area contributed by atoms with E-state index in [1.54, 1.807) is 0 Å². The number of nitrogens with one attached hydrogen (secondary N) is 3. The van der Waals surface area contributed by atoms with E-state index in [2.05, 4.69) is 22.9 Å². The molecule has 0 aromatic heterocycles. The number of carbonyl (C=O) groups excluding carboxylic acids is 2. The average molecular weight is 446 g/mol. The van der Waals surface area contributed by atoms with Gasteiger partial charge in [0.15, 0.2) is 0 Å². The molecule has 0 bridgehead atoms. The summed E-state index contributed by atoms with van der Waals surface area (Å²) in [6.07, 6.45) is 6.04. The predicted molar refractivity (Wildman–Crippen MR) is 112 cm³/mol. The number of urea groups is 1. The highest BCUT2D eigenvalue weighted by Crippen LogP contribution is 2.05. The Morgan fingerprint density at radius 1 is 0.710 bits per heavy atom. The van der Waals surface area contributed by atoms with Crippen molar-refractivity contribution < 1.29 is 39.3 Å². The Morgan fingerprint density at radius 3 is 1.84 bits per heavy atom. The number of hydrogen-bond acceptors (Lipinski definition) is 5. The molecule has 2 unspecified atom stereocenters. The van der Waals surface area contributed by atoms with Crippen molar-refractivity contribution in [3.05, 3.63) is 0 Å². The molecule has 0 aromatic carbocycles. The molecular formula is C20H35N3O8. The molecule has 0 saturated carbocycles. The van der Waals surface area contributed by atoms with Crippen molar-refractivity contribution in [3.63, 3.8) is 0 Å². The fourth-order valence-corrected chi connectivity index (χ4v) is 2.82. The molecule has 31 heavy (non-hydrogen) atoms. The summed E-state index contributed by atoms with van der Waals surface area (Å²) < 4.78 is 0. The van der Waals surface area contributed by atoms with Gasteiger partial charge in [-0.25, -0.2) is 14.4 Å². The first kappa shape index (κ1) is 28.1. The quantitative estimate of drug-likeness (QED) is 0.172. The van der Waals surface area contributed by atoms with Gasteiger partial charge in [0.1, 0.15) is 12.1 Å². The molecule has 11 heteroatoms. The van der Waals surface area contributed by atoms with Crippen molar-refractivity contribution in [2.75, 3.05) is 6.54 Å². The summed E-state index contributed by atoms with van der Waals surface area (Å²) in [5.74, 6) is -3.93. The Morgan fingerprint density at radius 2 is 1.29 bits per heavy atom. The summed E-state index contributed by atoms with van der Waals surface area (Å²) in [4.78, 5) is 56.6. The first-order valence-corrected chi connectivity index (χ1v) is 10.7. The molecule has 3 amide bonds. The maximum absolute atomic E-state index is 11.9. The fraction of sp³-hybridized carbons (Fsp3) is 0.750. The van der Waals surface area contributed by atoms with Gasteiger partial charge in [-0.2, -0.15) is 0 Å². The lowest BCUT2D eigenvalue weighted by Gasteiger charge is -2.18. The molecule has 0 heterocycles. The number of carboxylic acid groups (broad SMARTS) is 3. The van der Waals surface area contributed by atoms with Crippen LogP contribution in [0.5, 0.6) is 0 Å². The highest BCUT2D eigenvalue weighted by atomic mass is 16.4. The van der Waals surface area contributed by atoms with Crippen LogP contribution in [0, 0.1) is 0 Å². The lowest BCUT2D eigenvalue weighted by molar-refractivity contribution is -0.140. The van der Waals surface area contributed by atoms with Gasteiger partial charge in [0.05, 0.1) is 0 Å². The number of amides is 3. The highest BCUT2D eigenvalue weighted by Gasteiger charge is 2.24. The molecule has 6 N–H and O–H groups in total. The lowest BCUT2D eigenvalue weighted by atomic mass is 10.1. The number of hydrogen-bond donors (Lipinski definition) is 6. The largest absolute Gasteiger partial charge is 0.481 e. The molecule has 0 saturated heterocycles. The monoisotopic (exact) mass is 445 g/mol. The standard InChI is InChI=1S/C20H35N3O8/c1-2-3-4-5-6-10-16(24)21-13-8-7-9-14(18(27)28)22-20(31)23-15(19(29)30)11-12-17(25)26/h14-15H,2-13H2,1H3,(H,21,24)(H,25,26)(H,27,28)(H,29,30)(H2,22,23,31). The van der Waals surface area contributed by atoms with Gasteiger partial charge in [-0.05, 0) is 32.1 Å². The molecule has 11 nitrogen and oxygen atoms in total. The van der Waals surface area contributed by atoms with Gasteiger partial charge >= 0.3 is 23.9 Å². The van der Waals surface area contributed by atoms with Gasteiger partial charge in [-0.1, -0.05) is 32.6 Å². The third-order valence-electron chi connectivity index (χ3n) is 4.60. The van der Waals surface area contributed by atoms with E-state index in [-0.39, 0.29) is 18.7 Å². The fourth-order valence-electron chi connectivity index (χ4n) is 2.82. The second-order valence-corrected chi connectivity index (χ2v) is 7.34. The van der Waals surface area contributed by atoms with E-state index in [4.69, 9.17) is 10.2 Å². The van der Waals surface area contributed by atoms with Gasteiger partial charge in [0.25, 0.3) is 0 Å². The topological polar surface area (TPSA) is 182 Å². The van der Waals surface area contributed by atoms with Crippen LogP contribution >= 0.6 is 0 Å². The molecule has 0 fully saturated rings. The molecule has 0 spiro atoms. The van der Waals surface area contributed by atoms with Gasteiger partial charge in [0, 0.05) is 19.4 Å². The van der Waals surface area contributed by atoms with Crippen LogP contribution in [0.2, 0.25) is 0 Å². The molecule has 0 aliphatic carbocycles. The Balaban J connectivity index is 4.19. The van der Waals surface area contributed by atoms with E-state index >= 15 is 0 Å². The maximum atomic E-state index is 11.9. The van der Waals surface area contributed by atoms with Gasteiger partial charge in [-0.15, -0.1) is 0 Å². The second kappa shape index (κ2) is 16.9. The van der Waals surface area contributed by atoms with E-state index < -0.39 is 42.4 Å². The van der Waals surface area contributed by atoms with Gasteiger partial charge < -0.3 is 31.3 Å². The van der Waals surface area contributed by atoms with Crippen molar-refractivity contribution in [2.45, 2.75) is 89.6 Å². The Kier molecular flexibility index (Phi) is 15.3. The van der Waals surface area contributed by atoms with Gasteiger partial charge in [-0.3, -0.25) is 9.59 Å². The number of rotatable bonds is 18. The third kappa shape index (κ3) is 15.6. The first-order chi connectivity index (χ1) is 14.7. The van der Waals surface area contributed by atoms with Crippen LogP contribution in [0.15, 0.2) is 0 Å². The summed E-state index contributed by atoms with van der Waals surface area (Å²) in [5, 5.41) is 33.9. The van der Waals surface area contributed by atoms with E-state index in [1.807, 2.05) is 0 Å². The minimum absolute atomic E-state index is 0.0372. The van der Waals surface area contributed by atoms with Crippen molar-refractivity contribution in [1.29, 1.82) is 0 Å². The molecule has 0 aliphatic heterocycles. The van der Waals surface area contributed by atoms with Crippen LogP contribution in [0.25, 0.3) is 0 Å². The second-order valence-electron chi connectivity index (χ2n) is 7.34. The van der Waals surface area contributed by atoms with Crippen LogP contribution in [-0.2, 0) is 19.2 Å². The predicted octanol–water partition coefficient (Wildman–Crippen LogP) is 1.70. The summed E-state index contributed by atoms with van der Waals surface area (Å²) in [6.45, 7) is 2.53. The molecule has 0 aliphatic rings. The number of carboxylic acids is 3. The van der Waals surface area contributed by atoms with Crippen molar-refractivity contribution in [1.82, 2.24) is 16.0 Å². The Hall–Kier alpha value is -2.85. The Labute approximate surface area is 182 Å². The lowest BCUT2D eigenvalue weighted by Crippen LogP contribution is -2.51. The highest BCUT2D eigenvalue weighted by molar-refractivity contribution is 5.86. The zero-order valence-electron chi connectivity index (χ0n) is 18.0. The minimum Gasteiger partial charge on any atom is -0.481 e. The van der Waals surface area contributed by atoms with Crippen LogP contribution < -0.4 is 16.0 Å². The molecule has 2 atom stereocenters. The van der Waals surface area contributed by atoms with Crippen LogP contribution in [0.3, 0.4) is 0 Å². The summed E-state index contributed by atoms with van der Waals surface area (Å²) in [6, 6.07) is -3.67. The van der Waals surface area contributed by atoms with Crippen LogP contribution in [0.4, 0.5) is 4.79 Å². The normalized spacial score (nSPS) is 12.4.